The van der Waals surface area contributed by atoms with Crippen LogP contribution in [0.1, 0.15) is 48.0 Å². The van der Waals surface area contributed by atoms with E-state index in [0.29, 0.717) is 24.1 Å². The Morgan fingerprint density at radius 2 is 1.55 bits per heavy atom. The number of hydroxylamine groups is 1. The molecule has 9 nitrogen and oxygen atoms in total. The maximum atomic E-state index is 13.5. The molecule has 1 aromatic heterocycles. The molecule has 4 rings (SSSR count). The Hall–Kier alpha value is -4.63. The molecule has 2 amide bonds. The number of hydrogen-bond acceptors (Lipinski definition) is 5. The minimum absolute atomic E-state index is 0.0242. The summed E-state index contributed by atoms with van der Waals surface area (Å²) in [7, 11) is 0. The molecule has 4 aromatic rings. The first-order valence-corrected chi connectivity index (χ1v) is 12.5. The summed E-state index contributed by atoms with van der Waals surface area (Å²) in [6.07, 6.45) is 5.24. The van der Waals surface area contributed by atoms with E-state index in [1.165, 1.54) is 0 Å². The van der Waals surface area contributed by atoms with Crippen LogP contribution in [0.25, 0.3) is 22.0 Å². The largest absolute Gasteiger partial charge is 0.409 e. The van der Waals surface area contributed by atoms with Gasteiger partial charge in [-0.3, -0.25) is 14.8 Å². The molecule has 0 unspecified atom stereocenters. The molecule has 0 aliphatic carbocycles. The molecule has 0 radical (unpaired) electrons. The lowest BCUT2D eigenvalue weighted by Crippen LogP contribution is -2.32. The lowest BCUT2D eigenvalue weighted by molar-refractivity contribution is -0.129. The summed E-state index contributed by atoms with van der Waals surface area (Å²) in [5.74, 6) is -0.576. The van der Waals surface area contributed by atoms with E-state index < -0.39 is 5.91 Å². The van der Waals surface area contributed by atoms with Gasteiger partial charge in [0.15, 0.2) is 5.84 Å². The average molecular weight is 514 g/mol. The fourth-order valence-electron chi connectivity index (χ4n) is 4.37. The van der Waals surface area contributed by atoms with Gasteiger partial charge in [0.2, 0.25) is 5.91 Å². The third kappa shape index (κ3) is 6.37. The van der Waals surface area contributed by atoms with E-state index >= 15 is 0 Å². The first kappa shape index (κ1) is 26.4. The highest BCUT2D eigenvalue weighted by Gasteiger charge is 2.18. The van der Waals surface area contributed by atoms with Crippen molar-refractivity contribution in [1.82, 2.24) is 10.5 Å². The number of rotatable bonds is 11. The highest BCUT2D eigenvalue weighted by atomic mass is 16.5. The summed E-state index contributed by atoms with van der Waals surface area (Å²) < 4.78 is 0. The highest BCUT2D eigenvalue weighted by Crippen LogP contribution is 2.27. The van der Waals surface area contributed by atoms with Crippen LogP contribution in [0.15, 0.2) is 84.1 Å². The lowest BCUT2D eigenvalue weighted by Gasteiger charge is -2.23. The number of nitrogens with zero attached hydrogens (tertiary/aromatic N) is 2. The average Bonchev–Trinajstić information content (AvgIpc) is 3.44. The number of anilines is 1. The second kappa shape index (κ2) is 12.6. The molecule has 3 aromatic carbocycles. The van der Waals surface area contributed by atoms with Crippen LogP contribution in [0, 0.1) is 0 Å². The summed E-state index contributed by atoms with van der Waals surface area (Å²) in [6.45, 7) is 0.501. The Balaban J connectivity index is 1.51. The monoisotopic (exact) mass is 513 g/mol. The lowest BCUT2D eigenvalue weighted by atomic mass is 10.0. The first-order valence-electron chi connectivity index (χ1n) is 12.5. The number of aromatic nitrogens is 1. The first-order chi connectivity index (χ1) is 18.5. The van der Waals surface area contributed by atoms with Crippen LogP contribution >= 0.6 is 0 Å². The molecule has 196 valence electrons. The van der Waals surface area contributed by atoms with Gasteiger partial charge in [-0.15, -0.1) is 0 Å². The standard InChI is InChI=1S/C29H31N5O4/c30-28(33-38)22-7-9-23(10-8-22)29(36)34(18-4-2-1-3-5-27(35)32-37)25-14-12-20(13-15-25)24-11-6-21-16-17-31-26(21)19-24/h6-17,19,31,37-38H,1-5,18H2,(H2,30,33)(H,32,35). The molecule has 1 heterocycles. The summed E-state index contributed by atoms with van der Waals surface area (Å²) in [6, 6.07) is 22.8. The molecule has 38 heavy (non-hydrogen) atoms. The SMILES string of the molecule is N/C(=N\O)c1ccc(C(=O)N(CCCCCCC(=O)NO)c2ccc(-c3ccc4cc[nH]c4c3)cc2)cc1. The van der Waals surface area contributed by atoms with Gasteiger partial charge >= 0.3 is 0 Å². The zero-order valence-corrected chi connectivity index (χ0v) is 20.9. The van der Waals surface area contributed by atoms with E-state index in [-0.39, 0.29) is 18.2 Å². The van der Waals surface area contributed by atoms with Crippen molar-refractivity contribution in [3.63, 3.8) is 0 Å². The number of unbranched alkanes of at least 4 members (excludes halogenated alkanes) is 3. The number of oxime groups is 1. The van der Waals surface area contributed by atoms with Gasteiger partial charge in [0, 0.05) is 41.5 Å². The van der Waals surface area contributed by atoms with Gasteiger partial charge in [-0.2, -0.15) is 0 Å². The number of benzene rings is 3. The number of amidine groups is 1. The van der Waals surface area contributed by atoms with Crippen LogP contribution in [0.5, 0.6) is 0 Å². The number of amides is 2. The maximum absolute atomic E-state index is 13.5. The maximum Gasteiger partial charge on any atom is 0.258 e. The van der Waals surface area contributed by atoms with Crippen LogP contribution in [0.2, 0.25) is 0 Å². The Morgan fingerprint density at radius 1 is 0.868 bits per heavy atom. The molecule has 0 aliphatic rings. The van der Waals surface area contributed by atoms with Crippen LogP contribution < -0.4 is 16.1 Å². The van der Waals surface area contributed by atoms with E-state index in [2.05, 4.69) is 28.3 Å². The minimum atomic E-state index is -0.396. The molecular formula is C29H31N5O4. The highest BCUT2D eigenvalue weighted by molar-refractivity contribution is 6.07. The number of nitrogens with two attached hydrogens (primary N) is 1. The number of aromatic amines is 1. The van der Waals surface area contributed by atoms with Crippen LogP contribution in [0.4, 0.5) is 5.69 Å². The summed E-state index contributed by atoms with van der Waals surface area (Å²) in [5.41, 5.74) is 12.3. The minimum Gasteiger partial charge on any atom is -0.409 e. The predicted molar refractivity (Wildman–Crippen MR) is 147 cm³/mol. The fraction of sp³-hybridized carbons (Fsp3) is 0.207. The van der Waals surface area contributed by atoms with Gasteiger partial charge < -0.3 is 20.8 Å². The smallest absolute Gasteiger partial charge is 0.258 e. The Bertz CT molecular complexity index is 1410. The van der Waals surface area contributed by atoms with Crippen LogP contribution in [-0.2, 0) is 4.79 Å². The third-order valence-corrected chi connectivity index (χ3v) is 6.51. The van der Waals surface area contributed by atoms with Gasteiger partial charge in [-0.1, -0.05) is 54.4 Å². The van der Waals surface area contributed by atoms with Gasteiger partial charge in [0.1, 0.15) is 0 Å². The molecule has 0 saturated heterocycles. The molecule has 0 aliphatic heterocycles. The third-order valence-electron chi connectivity index (χ3n) is 6.51. The van der Waals surface area contributed by atoms with Crippen molar-refractivity contribution in [1.29, 1.82) is 0 Å². The summed E-state index contributed by atoms with van der Waals surface area (Å²) >= 11 is 0. The van der Waals surface area contributed by atoms with E-state index in [0.717, 1.165) is 47.0 Å². The Labute approximate surface area is 220 Å². The number of H-pyrrole nitrogens is 1. The van der Waals surface area contributed by atoms with Gasteiger partial charge in [-0.05, 0) is 65.8 Å². The van der Waals surface area contributed by atoms with Crippen molar-refractivity contribution in [2.75, 3.05) is 11.4 Å². The number of hydrogen-bond donors (Lipinski definition) is 5. The number of nitrogens with one attached hydrogen (secondary N) is 2. The van der Waals surface area contributed by atoms with Crippen molar-refractivity contribution < 1.29 is 20.0 Å². The zero-order valence-electron chi connectivity index (χ0n) is 20.9. The normalized spacial score (nSPS) is 11.4. The summed E-state index contributed by atoms with van der Waals surface area (Å²) in [5, 5.41) is 21.7. The van der Waals surface area contributed by atoms with E-state index in [1.54, 1.807) is 34.6 Å². The quantitative estimate of drug-likeness (QED) is 0.0477. The second-order valence-corrected chi connectivity index (χ2v) is 9.05. The topological polar surface area (TPSA) is 144 Å². The molecular weight excluding hydrogens is 482 g/mol. The Kier molecular flexibility index (Phi) is 8.73. The van der Waals surface area contributed by atoms with Crippen molar-refractivity contribution in [3.05, 3.63) is 90.1 Å². The van der Waals surface area contributed by atoms with Crippen LogP contribution in [0.3, 0.4) is 0 Å². The molecule has 0 bridgehead atoms. The second-order valence-electron chi connectivity index (χ2n) is 9.05. The zero-order chi connectivity index (χ0) is 26.9. The number of carbonyl (C=O) groups is 2. The molecule has 0 saturated carbocycles. The molecule has 0 atom stereocenters. The van der Waals surface area contributed by atoms with Crippen LogP contribution in [-0.4, -0.2) is 39.6 Å². The van der Waals surface area contributed by atoms with Crippen molar-refractivity contribution >= 4 is 34.2 Å². The number of fused-ring (bicyclic) bond motifs is 1. The van der Waals surface area contributed by atoms with Crippen molar-refractivity contribution in [2.24, 2.45) is 10.9 Å². The predicted octanol–water partition coefficient (Wildman–Crippen LogP) is 5.03. The van der Waals surface area contributed by atoms with Crippen molar-refractivity contribution in [2.45, 2.75) is 32.1 Å². The summed E-state index contributed by atoms with van der Waals surface area (Å²) in [4.78, 5) is 29.7. The molecule has 0 fully saturated rings. The molecule has 6 N–H and O–H groups in total. The van der Waals surface area contributed by atoms with Gasteiger partial charge in [0.25, 0.3) is 5.91 Å². The molecule has 0 spiro atoms. The molecule has 9 heteroatoms. The van der Waals surface area contributed by atoms with Gasteiger partial charge in [-0.25, -0.2) is 5.48 Å². The Morgan fingerprint density at radius 3 is 2.26 bits per heavy atom. The van der Waals surface area contributed by atoms with Gasteiger partial charge in [0.05, 0.1) is 0 Å². The van der Waals surface area contributed by atoms with E-state index in [4.69, 9.17) is 16.1 Å². The van der Waals surface area contributed by atoms with E-state index in [1.807, 2.05) is 36.5 Å². The van der Waals surface area contributed by atoms with E-state index in [9.17, 15) is 9.59 Å². The number of carbonyl (C=O) groups excluding carboxylic acids is 2. The van der Waals surface area contributed by atoms with Crippen molar-refractivity contribution in [3.8, 4) is 11.1 Å². The fourth-order valence-corrected chi connectivity index (χ4v) is 4.37.